The minimum atomic E-state index is -0.360. The van der Waals surface area contributed by atoms with Crippen LogP contribution in [0.2, 0.25) is 0 Å². The van der Waals surface area contributed by atoms with Gasteiger partial charge in [0.05, 0.1) is 90.4 Å². The predicted molar refractivity (Wildman–Crippen MR) is 138 cm³/mol. The van der Waals surface area contributed by atoms with Crippen LogP contribution >= 0.6 is 0 Å². The quantitative estimate of drug-likeness (QED) is 0.156. The average Bonchev–Trinajstić information content (AvgIpc) is 2.96. The molecule has 0 unspecified atom stereocenters. The highest BCUT2D eigenvalue weighted by atomic mass is 16.6. The van der Waals surface area contributed by atoms with E-state index in [1.165, 1.54) is 0 Å². The van der Waals surface area contributed by atoms with Crippen molar-refractivity contribution in [2.75, 3.05) is 92.5 Å². The summed E-state index contributed by atoms with van der Waals surface area (Å²) in [5.41, 5.74) is 1.04. The fourth-order valence-electron chi connectivity index (χ4n) is 2.90. The summed E-state index contributed by atoms with van der Waals surface area (Å²) in [6.45, 7) is 5.53. The number of hydrogen-bond acceptors (Lipinski definition) is 10. The first-order chi connectivity index (χ1) is 18.8. The lowest BCUT2D eigenvalue weighted by Gasteiger charge is -2.09. The Bertz CT molecular complexity index is 776. The Kier molecular flexibility index (Phi) is 18.3. The van der Waals surface area contributed by atoms with Crippen LogP contribution in [0.25, 0.3) is 0 Å². The van der Waals surface area contributed by atoms with Gasteiger partial charge in [-0.2, -0.15) is 0 Å². The molecule has 0 aliphatic carbocycles. The molecule has 2 aromatic rings. The maximum absolute atomic E-state index is 11.7. The van der Waals surface area contributed by atoms with Gasteiger partial charge in [0.15, 0.2) is 0 Å². The summed E-state index contributed by atoms with van der Waals surface area (Å²) >= 11 is 0. The second kappa shape index (κ2) is 22.2. The fourth-order valence-corrected chi connectivity index (χ4v) is 2.90. The van der Waals surface area contributed by atoms with Crippen LogP contribution in [0.15, 0.2) is 60.7 Å². The largest absolute Gasteiger partial charge is 0.460 e. The van der Waals surface area contributed by atoms with Gasteiger partial charge in [-0.1, -0.05) is 36.4 Å². The van der Waals surface area contributed by atoms with Gasteiger partial charge in [-0.3, -0.25) is 0 Å². The summed E-state index contributed by atoms with van der Waals surface area (Å²) in [6, 6.07) is 17.7. The van der Waals surface area contributed by atoms with E-state index in [1.807, 2.05) is 12.1 Å². The zero-order valence-corrected chi connectivity index (χ0v) is 21.8. The minimum Gasteiger partial charge on any atom is -0.460 e. The van der Waals surface area contributed by atoms with Crippen LogP contribution in [-0.2, 0) is 37.9 Å². The molecule has 0 heterocycles. The molecule has 10 heteroatoms. The van der Waals surface area contributed by atoms with E-state index in [0.717, 1.165) is 0 Å². The molecule has 10 nitrogen and oxygen atoms in total. The molecule has 0 aliphatic heterocycles. The Labute approximate surface area is 224 Å². The first-order valence-electron chi connectivity index (χ1n) is 12.7. The number of esters is 2. The SMILES string of the molecule is O=C(OCCOCCOCCOCCOCCOCCOCCOC(=O)c1ccccc1)c1ccccc1. The van der Waals surface area contributed by atoms with Gasteiger partial charge >= 0.3 is 11.9 Å². The molecule has 0 spiro atoms. The summed E-state index contributed by atoms with van der Waals surface area (Å²) in [7, 11) is 0. The Hall–Kier alpha value is -2.86. The van der Waals surface area contributed by atoms with Crippen molar-refractivity contribution in [2.24, 2.45) is 0 Å². The third-order valence-electron chi connectivity index (χ3n) is 4.80. The number of benzene rings is 2. The van der Waals surface area contributed by atoms with Gasteiger partial charge in [0.25, 0.3) is 0 Å². The molecule has 0 saturated carbocycles. The molecule has 38 heavy (non-hydrogen) atoms. The van der Waals surface area contributed by atoms with E-state index in [2.05, 4.69) is 0 Å². The van der Waals surface area contributed by atoms with Crippen LogP contribution in [0, 0.1) is 0 Å². The molecule has 0 aliphatic rings. The van der Waals surface area contributed by atoms with Crippen molar-refractivity contribution in [1.82, 2.24) is 0 Å². The van der Waals surface area contributed by atoms with Gasteiger partial charge in [0, 0.05) is 0 Å². The Balaban J connectivity index is 1.22. The molecular weight excluding hydrogens is 496 g/mol. The summed E-state index contributed by atoms with van der Waals surface area (Å²) in [6.07, 6.45) is 0. The lowest BCUT2D eigenvalue weighted by Crippen LogP contribution is -2.15. The maximum Gasteiger partial charge on any atom is 0.338 e. The predicted octanol–water partition coefficient (Wildman–Crippen LogP) is 2.80. The van der Waals surface area contributed by atoms with E-state index in [9.17, 15) is 9.59 Å². The normalized spacial score (nSPS) is 10.8. The van der Waals surface area contributed by atoms with Crippen LogP contribution < -0.4 is 0 Å². The summed E-state index contributed by atoms with van der Waals surface area (Å²) in [4.78, 5) is 23.5. The van der Waals surface area contributed by atoms with E-state index < -0.39 is 0 Å². The van der Waals surface area contributed by atoms with Crippen molar-refractivity contribution < 1.29 is 47.5 Å². The molecule has 210 valence electrons. The zero-order chi connectivity index (χ0) is 26.9. The van der Waals surface area contributed by atoms with Crippen LogP contribution in [-0.4, -0.2) is 104 Å². The molecule has 0 aromatic heterocycles. The molecule has 0 fully saturated rings. The van der Waals surface area contributed by atoms with Gasteiger partial charge in [-0.05, 0) is 24.3 Å². The van der Waals surface area contributed by atoms with Gasteiger partial charge in [0.2, 0.25) is 0 Å². The highest BCUT2D eigenvalue weighted by Gasteiger charge is 2.06. The molecular formula is C28H38O10. The molecule has 0 N–H and O–H groups in total. The second-order valence-electron chi connectivity index (χ2n) is 7.68. The van der Waals surface area contributed by atoms with Crippen molar-refractivity contribution in [3.63, 3.8) is 0 Å². The lowest BCUT2D eigenvalue weighted by molar-refractivity contribution is -0.0213. The molecule has 0 amide bonds. The highest BCUT2D eigenvalue weighted by molar-refractivity contribution is 5.89. The molecule has 0 radical (unpaired) electrons. The third kappa shape index (κ3) is 16.1. The Morgan fingerprint density at radius 2 is 0.605 bits per heavy atom. The van der Waals surface area contributed by atoms with Crippen molar-refractivity contribution in [3.05, 3.63) is 71.8 Å². The van der Waals surface area contributed by atoms with E-state index >= 15 is 0 Å². The summed E-state index contributed by atoms with van der Waals surface area (Å²) in [5, 5.41) is 0. The number of rotatable bonds is 23. The van der Waals surface area contributed by atoms with E-state index in [1.54, 1.807) is 48.5 Å². The molecule has 2 rings (SSSR count). The molecule has 0 bridgehead atoms. The van der Waals surface area contributed by atoms with Gasteiger partial charge in [-0.25, -0.2) is 9.59 Å². The second-order valence-corrected chi connectivity index (χ2v) is 7.68. The molecule has 2 aromatic carbocycles. The van der Waals surface area contributed by atoms with Crippen molar-refractivity contribution >= 4 is 11.9 Å². The van der Waals surface area contributed by atoms with E-state index in [4.69, 9.17) is 37.9 Å². The Morgan fingerprint density at radius 1 is 0.368 bits per heavy atom. The van der Waals surface area contributed by atoms with Crippen molar-refractivity contribution in [1.29, 1.82) is 0 Å². The Morgan fingerprint density at radius 3 is 0.868 bits per heavy atom. The fraction of sp³-hybridized carbons (Fsp3) is 0.500. The first kappa shape index (κ1) is 31.4. The van der Waals surface area contributed by atoms with Crippen LogP contribution in [0.5, 0.6) is 0 Å². The average molecular weight is 535 g/mol. The van der Waals surface area contributed by atoms with E-state index in [-0.39, 0.29) is 25.2 Å². The molecule has 0 atom stereocenters. The summed E-state index contributed by atoms with van der Waals surface area (Å²) < 4.78 is 42.7. The van der Waals surface area contributed by atoms with Crippen LogP contribution in [0.4, 0.5) is 0 Å². The van der Waals surface area contributed by atoms with Crippen molar-refractivity contribution in [2.45, 2.75) is 0 Å². The highest BCUT2D eigenvalue weighted by Crippen LogP contribution is 2.01. The van der Waals surface area contributed by atoms with Crippen LogP contribution in [0.3, 0.4) is 0 Å². The number of carbonyl (C=O) groups is 2. The maximum atomic E-state index is 11.7. The minimum absolute atomic E-state index is 0.198. The first-order valence-corrected chi connectivity index (χ1v) is 12.7. The number of hydrogen-bond donors (Lipinski definition) is 0. The summed E-state index contributed by atoms with van der Waals surface area (Å²) in [5.74, 6) is -0.720. The monoisotopic (exact) mass is 534 g/mol. The van der Waals surface area contributed by atoms with Crippen molar-refractivity contribution in [3.8, 4) is 0 Å². The van der Waals surface area contributed by atoms with Gasteiger partial charge < -0.3 is 37.9 Å². The van der Waals surface area contributed by atoms with Gasteiger partial charge in [0.1, 0.15) is 13.2 Å². The molecule has 0 saturated heterocycles. The number of ether oxygens (including phenoxy) is 8. The third-order valence-corrected chi connectivity index (χ3v) is 4.80. The zero-order valence-electron chi connectivity index (χ0n) is 21.8. The van der Waals surface area contributed by atoms with Gasteiger partial charge in [-0.15, -0.1) is 0 Å². The standard InChI is InChI=1S/C28H38O10/c29-27(25-7-3-1-4-8-25)37-23-21-35-19-17-33-15-13-31-11-12-32-14-16-34-18-20-36-22-24-38-28(30)26-9-5-2-6-10-26/h1-10H,11-24H2. The number of carbonyl (C=O) groups excluding carboxylic acids is 2. The lowest BCUT2D eigenvalue weighted by atomic mass is 10.2. The smallest absolute Gasteiger partial charge is 0.338 e. The topological polar surface area (TPSA) is 108 Å². The van der Waals surface area contributed by atoms with Crippen LogP contribution in [0.1, 0.15) is 20.7 Å². The van der Waals surface area contributed by atoms with E-state index in [0.29, 0.717) is 90.4 Å².